The fourth-order valence-electron chi connectivity index (χ4n) is 2.34. The average molecular weight is 330 g/mol. The van der Waals surface area contributed by atoms with Gasteiger partial charge >= 0.3 is 0 Å². The van der Waals surface area contributed by atoms with Crippen LogP contribution in [0.2, 0.25) is 0 Å². The van der Waals surface area contributed by atoms with Crippen LogP contribution >= 0.6 is 15.9 Å². The van der Waals surface area contributed by atoms with Crippen LogP contribution in [0, 0.1) is 5.41 Å². The molecule has 5 heteroatoms. The van der Waals surface area contributed by atoms with Gasteiger partial charge in [-0.1, -0.05) is 13.8 Å². The van der Waals surface area contributed by atoms with E-state index in [2.05, 4.69) is 34.7 Å². The molecule has 0 unspecified atom stereocenters. The minimum absolute atomic E-state index is 0.0695. The van der Waals surface area contributed by atoms with Gasteiger partial charge in [0.25, 0.3) is 0 Å². The quantitative estimate of drug-likeness (QED) is 0.829. The van der Waals surface area contributed by atoms with Crippen LogP contribution in [0.25, 0.3) is 0 Å². The standard InChI is InChI=1S/C14H20BrNO3/c1-14(2,8-17-3)7-16-9-19-13-5-10(15)12(18-4)6-11(13)16/h5-6H,7-9H2,1-4H3. The van der Waals surface area contributed by atoms with Crippen molar-refractivity contribution in [3.05, 3.63) is 16.6 Å². The van der Waals surface area contributed by atoms with Crippen molar-refractivity contribution < 1.29 is 14.2 Å². The lowest BCUT2D eigenvalue weighted by Gasteiger charge is -2.29. The zero-order valence-corrected chi connectivity index (χ0v) is 13.4. The molecule has 0 bridgehead atoms. The second kappa shape index (κ2) is 5.59. The molecule has 1 aromatic carbocycles. The Morgan fingerprint density at radius 1 is 1.37 bits per heavy atom. The second-order valence-corrected chi connectivity index (χ2v) is 6.38. The fourth-order valence-corrected chi connectivity index (χ4v) is 2.83. The molecule has 0 spiro atoms. The van der Waals surface area contributed by atoms with E-state index in [0.717, 1.165) is 28.2 Å². The topological polar surface area (TPSA) is 30.9 Å². The van der Waals surface area contributed by atoms with Gasteiger partial charge in [-0.25, -0.2) is 0 Å². The highest BCUT2D eigenvalue weighted by atomic mass is 79.9. The number of rotatable bonds is 5. The third kappa shape index (κ3) is 3.15. The molecule has 0 saturated heterocycles. The van der Waals surface area contributed by atoms with E-state index >= 15 is 0 Å². The Balaban J connectivity index is 2.21. The van der Waals surface area contributed by atoms with Crippen molar-refractivity contribution in [3.63, 3.8) is 0 Å². The Labute approximate surface area is 122 Å². The van der Waals surface area contributed by atoms with Crippen LogP contribution in [0.5, 0.6) is 11.5 Å². The Bertz CT molecular complexity index is 462. The molecule has 0 N–H and O–H groups in total. The smallest absolute Gasteiger partial charge is 0.161 e. The summed E-state index contributed by atoms with van der Waals surface area (Å²) in [5.74, 6) is 1.71. The van der Waals surface area contributed by atoms with Crippen molar-refractivity contribution in [1.82, 2.24) is 0 Å². The maximum Gasteiger partial charge on any atom is 0.161 e. The van der Waals surface area contributed by atoms with E-state index < -0.39 is 0 Å². The Hall–Kier alpha value is -0.940. The molecule has 106 valence electrons. The van der Waals surface area contributed by atoms with Gasteiger partial charge in [-0.2, -0.15) is 0 Å². The Morgan fingerprint density at radius 2 is 2.11 bits per heavy atom. The molecule has 4 nitrogen and oxygen atoms in total. The molecule has 19 heavy (non-hydrogen) atoms. The highest BCUT2D eigenvalue weighted by Gasteiger charge is 2.28. The minimum Gasteiger partial charge on any atom is -0.495 e. The number of anilines is 1. The zero-order chi connectivity index (χ0) is 14.0. The van der Waals surface area contributed by atoms with E-state index in [1.165, 1.54) is 0 Å². The van der Waals surface area contributed by atoms with E-state index in [9.17, 15) is 0 Å². The van der Waals surface area contributed by atoms with E-state index in [-0.39, 0.29) is 5.41 Å². The summed E-state index contributed by atoms with van der Waals surface area (Å²) in [6.45, 7) is 6.53. The molecule has 0 fully saturated rings. The number of halogens is 1. The third-order valence-corrected chi connectivity index (χ3v) is 3.72. The van der Waals surface area contributed by atoms with Gasteiger partial charge < -0.3 is 19.1 Å². The van der Waals surface area contributed by atoms with Crippen molar-refractivity contribution in [2.45, 2.75) is 13.8 Å². The molecular formula is C14H20BrNO3. The van der Waals surface area contributed by atoms with Crippen molar-refractivity contribution >= 4 is 21.6 Å². The molecule has 0 radical (unpaired) electrons. The summed E-state index contributed by atoms with van der Waals surface area (Å²) >= 11 is 3.47. The second-order valence-electron chi connectivity index (χ2n) is 5.52. The third-order valence-electron chi connectivity index (χ3n) is 3.10. The van der Waals surface area contributed by atoms with Gasteiger partial charge in [0.05, 0.1) is 23.9 Å². The summed E-state index contributed by atoms with van der Waals surface area (Å²) in [6.07, 6.45) is 0. The zero-order valence-electron chi connectivity index (χ0n) is 11.8. The lowest BCUT2D eigenvalue weighted by atomic mass is 9.94. The van der Waals surface area contributed by atoms with Gasteiger partial charge in [0.15, 0.2) is 6.73 Å². The van der Waals surface area contributed by atoms with Crippen LogP contribution in [0.1, 0.15) is 13.8 Å². The molecule has 2 rings (SSSR count). The first kappa shape index (κ1) is 14.5. The number of methoxy groups -OCH3 is 2. The first-order valence-corrected chi connectivity index (χ1v) is 7.00. The van der Waals surface area contributed by atoms with Gasteiger partial charge in [-0.3, -0.25) is 0 Å². The number of hydrogen-bond acceptors (Lipinski definition) is 4. The molecular weight excluding hydrogens is 310 g/mol. The molecule has 1 aliphatic rings. The largest absolute Gasteiger partial charge is 0.495 e. The summed E-state index contributed by atoms with van der Waals surface area (Å²) in [7, 11) is 3.40. The van der Waals surface area contributed by atoms with E-state index in [4.69, 9.17) is 14.2 Å². The fraction of sp³-hybridized carbons (Fsp3) is 0.571. The molecule has 0 atom stereocenters. The SMILES string of the molecule is COCC(C)(C)CN1COc2cc(Br)c(OC)cc21. The molecule has 1 heterocycles. The van der Waals surface area contributed by atoms with Crippen molar-refractivity contribution in [3.8, 4) is 11.5 Å². The van der Waals surface area contributed by atoms with Gasteiger partial charge in [0.1, 0.15) is 11.5 Å². The Morgan fingerprint density at radius 3 is 2.74 bits per heavy atom. The molecule has 1 aromatic rings. The number of ether oxygens (including phenoxy) is 3. The normalized spacial score (nSPS) is 14.3. The van der Waals surface area contributed by atoms with E-state index in [1.807, 2.05) is 12.1 Å². The number of fused-ring (bicyclic) bond motifs is 1. The Kier molecular flexibility index (Phi) is 4.26. The van der Waals surface area contributed by atoms with Gasteiger partial charge in [0.2, 0.25) is 0 Å². The summed E-state index contributed by atoms with van der Waals surface area (Å²) in [5, 5.41) is 0. The first-order chi connectivity index (χ1) is 8.96. The predicted molar refractivity (Wildman–Crippen MR) is 79.2 cm³/mol. The number of benzene rings is 1. The lowest BCUT2D eigenvalue weighted by Crippen LogP contribution is -2.36. The van der Waals surface area contributed by atoms with E-state index in [1.54, 1.807) is 14.2 Å². The van der Waals surface area contributed by atoms with Gasteiger partial charge in [0, 0.05) is 31.2 Å². The molecule has 1 aliphatic heterocycles. The van der Waals surface area contributed by atoms with Crippen LogP contribution in [0.3, 0.4) is 0 Å². The van der Waals surface area contributed by atoms with Crippen molar-refractivity contribution in [2.24, 2.45) is 5.41 Å². The highest BCUT2D eigenvalue weighted by molar-refractivity contribution is 9.10. The highest BCUT2D eigenvalue weighted by Crippen LogP contribution is 2.42. The number of hydrogen-bond donors (Lipinski definition) is 0. The average Bonchev–Trinajstić information content (AvgIpc) is 2.69. The van der Waals surface area contributed by atoms with Crippen LogP contribution < -0.4 is 14.4 Å². The molecule has 0 aromatic heterocycles. The van der Waals surface area contributed by atoms with Crippen molar-refractivity contribution in [1.29, 1.82) is 0 Å². The molecule has 0 amide bonds. The van der Waals surface area contributed by atoms with Gasteiger partial charge in [-0.15, -0.1) is 0 Å². The molecule has 0 saturated carbocycles. The number of nitrogens with zero attached hydrogens (tertiary/aromatic N) is 1. The van der Waals surface area contributed by atoms with Crippen LogP contribution in [0.15, 0.2) is 16.6 Å². The predicted octanol–water partition coefficient (Wildman–Crippen LogP) is 3.29. The summed E-state index contributed by atoms with van der Waals surface area (Å²) in [5.41, 5.74) is 1.14. The maximum absolute atomic E-state index is 5.71. The van der Waals surface area contributed by atoms with E-state index in [0.29, 0.717) is 13.3 Å². The molecule has 0 aliphatic carbocycles. The summed E-state index contributed by atoms with van der Waals surface area (Å²) in [6, 6.07) is 3.97. The lowest BCUT2D eigenvalue weighted by molar-refractivity contribution is 0.107. The maximum atomic E-state index is 5.71. The van der Waals surface area contributed by atoms with Crippen molar-refractivity contribution in [2.75, 3.05) is 39.0 Å². The van der Waals surface area contributed by atoms with Crippen LogP contribution in [-0.4, -0.2) is 34.1 Å². The van der Waals surface area contributed by atoms with Crippen LogP contribution in [-0.2, 0) is 4.74 Å². The monoisotopic (exact) mass is 329 g/mol. The van der Waals surface area contributed by atoms with Gasteiger partial charge in [-0.05, 0) is 15.9 Å². The summed E-state index contributed by atoms with van der Waals surface area (Å²) < 4.78 is 17.2. The van der Waals surface area contributed by atoms with Crippen LogP contribution in [0.4, 0.5) is 5.69 Å². The summed E-state index contributed by atoms with van der Waals surface area (Å²) in [4.78, 5) is 2.21. The first-order valence-electron chi connectivity index (χ1n) is 6.21. The minimum atomic E-state index is 0.0695.